The maximum Gasteiger partial charge on any atom is 0.323 e. The van der Waals surface area contributed by atoms with Crippen molar-refractivity contribution in [3.8, 4) is 0 Å². The summed E-state index contributed by atoms with van der Waals surface area (Å²) in [7, 11) is -3.89. The first-order valence-electron chi connectivity index (χ1n) is 4.62. The average molecular weight is 247 g/mol. The molecule has 0 fully saturated rings. The molecule has 0 aromatic carbocycles. The number of carbonyl (C=O) groups is 1. The molecular formula is C9H13NO5S. The molecule has 0 saturated carbocycles. The molecule has 16 heavy (non-hydrogen) atoms. The first-order chi connectivity index (χ1) is 7.34. The van der Waals surface area contributed by atoms with Crippen LogP contribution in [0.5, 0.6) is 0 Å². The highest BCUT2D eigenvalue weighted by molar-refractivity contribution is 7.90. The minimum absolute atomic E-state index is 0.432. The van der Waals surface area contributed by atoms with E-state index in [1.54, 1.807) is 19.1 Å². The lowest BCUT2D eigenvalue weighted by Crippen LogP contribution is -2.38. The van der Waals surface area contributed by atoms with E-state index in [2.05, 4.69) is 4.72 Å². The van der Waals surface area contributed by atoms with Gasteiger partial charge in [0.1, 0.15) is 5.76 Å². The van der Waals surface area contributed by atoms with E-state index in [0.717, 1.165) is 6.92 Å². The summed E-state index contributed by atoms with van der Waals surface area (Å²) in [6.45, 7) is 2.68. The van der Waals surface area contributed by atoms with Crippen LogP contribution >= 0.6 is 0 Å². The molecule has 2 N–H and O–H groups in total. The summed E-state index contributed by atoms with van der Waals surface area (Å²) in [5.41, 5.74) is 0. The summed E-state index contributed by atoms with van der Waals surface area (Å²) in [4.78, 5) is 10.6. The van der Waals surface area contributed by atoms with Crippen LogP contribution in [-0.2, 0) is 14.8 Å². The number of sulfonamides is 1. The van der Waals surface area contributed by atoms with Crippen LogP contribution in [0.3, 0.4) is 0 Å². The van der Waals surface area contributed by atoms with Gasteiger partial charge in [-0.25, -0.2) is 13.1 Å². The number of hydrogen-bond acceptors (Lipinski definition) is 4. The Kier molecular flexibility index (Phi) is 3.71. The van der Waals surface area contributed by atoms with E-state index in [1.807, 2.05) is 0 Å². The van der Waals surface area contributed by atoms with Crippen molar-refractivity contribution >= 4 is 16.0 Å². The van der Waals surface area contributed by atoms with Crippen LogP contribution in [0.25, 0.3) is 0 Å². The molecule has 1 aromatic heterocycles. The zero-order chi connectivity index (χ0) is 12.3. The number of carboxylic acid groups (broad SMARTS) is 1. The molecule has 0 bridgehead atoms. The van der Waals surface area contributed by atoms with Gasteiger partial charge in [0, 0.05) is 0 Å². The molecule has 0 aliphatic heterocycles. The van der Waals surface area contributed by atoms with Gasteiger partial charge in [0.25, 0.3) is 0 Å². The van der Waals surface area contributed by atoms with Crippen LogP contribution in [-0.4, -0.2) is 24.7 Å². The Bertz CT molecular complexity index is 450. The van der Waals surface area contributed by atoms with Gasteiger partial charge < -0.3 is 9.52 Å². The predicted octanol–water partition coefficient (Wildman–Crippen LogP) is 0.733. The fraction of sp³-hybridized carbons (Fsp3) is 0.444. The largest absolute Gasteiger partial charge is 0.480 e. The molecule has 0 saturated heterocycles. The molecule has 1 rings (SSSR count). The van der Waals surface area contributed by atoms with Crippen LogP contribution in [0.4, 0.5) is 0 Å². The minimum Gasteiger partial charge on any atom is -0.480 e. The molecule has 7 heteroatoms. The Morgan fingerprint density at radius 2 is 2.12 bits per heavy atom. The molecule has 1 heterocycles. The Hall–Kier alpha value is -1.34. The second-order valence-electron chi connectivity index (χ2n) is 3.38. The third-order valence-electron chi connectivity index (χ3n) is 2.12. The van der Waals surface area contributed by atoms with Crippen LogP contribution in [0, 0.1) is 0 Å². The van der Waals surface area contributed by atoms with Crippen molar-refractivity contribution in [2.75, 3.05) is 0 Å². The number of nitrogens with one attached hydrogen (secondary N) is 1. The Morgan fingerprint density at radius 3 is 2.56 bits per heavy atom. The van der Waals surface area contributed by atoms with E-state index in [-0.39, 0.29) is 0 Å². The Balaban J connectivity index is 2.78. The number of carboxylic acids is 1. The van der Waals surface area contributed by atoms with E-state index >= 15 is 0 Å². The van der Waals surface area contributed by atoms with Crippen LogP contribution in [0.2, 0.25) is 0 Å². The maximum atomic E-state index is 11.5. The van der Waals surface area contributed by atoms with Crippen LogP contribution in [0.1, 0.15) is 25.6 Å². The average Bonchev–Trinajstić information content (AvgIpc) is 2.68. The van der Waals surface area contributed by atoms with Gasteiger partial charge >= 0.3 is 5.97 Å². The molecule has 2 unspecified atom stereocenters. The number of hydrogen-bond donors (Lipinski definition) is 2. The summed E-state index contributed by atoms with van der Waals surface area (Å²) in [5.74, 6) is -0.958. The molecule has 0 aliphatic rings. The molecule has 0 spiro atoms. The second kappa shape index (κ2) is 4.67. The SMILES string of the molecule is CC(NS(=O)(=O)C(C)C(=O)O)c1ccco1. The van der Waals surface area contributed by atoms with E-state index in [9.17, 15) is 13.2 Å². The lowest BCUT2D eigenvalue weighted by atomic mass is 10.3. The highest BCUT2D eigenvalue weighted by Gasteiger charge is 2.29. The molecule has 6 nitrogen and oxygen atoms in total. The molecule has 0 amide bonds. The first kappa shape index (κ1) is 12.7. The van der Waals surface area contributed by atoms with Gasteiger partial charge in [-0.15, -0.1) is 0 Å². The summed E-state index contributed by atoms with van der Waals surface area (Å²) in [6, 6.07) is 2.64. The van der Waals surface area contributed by atoms with Crippen LogP contribution < -0.4 is 4.72 Å². The van der Waals surface area contributed by atoms with Crippen molar-refractivity contribution in [1.82, 2.24) is 4.72 Å². The van der Waals surface area contributed by atoms with Crippen molar-refractivity contribution in [1.29, 1.82) is 0 Å². The number of aliphatic carboxylic acids is 1. The highest BCUT2D eigenvalue weighted by Crippen LogP contribution is 2.14. The third kappa shape index (κ3) is 2.83. The third-order valence-corrected chi connectivity index (χ3v) is 3.94. The van der Waals surface area contributed by atoms with Gasteiger partial charge in [-0.3, -0.25) is 4.79 Å². The zero-order valence-electron chi connectivity index (χ0n) is 8.88. The van der Waals surface area contributed by atoms with Gasteiger partial charge in [-0.2, -0.15) is 0 Å². The minimum atomic E-state index is -3.89. The number of furan rings is 1. The zero-order valence-corrected chi connectivity index (χ0v) is 9.69. The maximum absolute atomic E-state index is 11.5. The van der Waals surface area contributed by atoms with E-state index < -0.39 is 27.3 Å². The fourth-order valence-corrected chi connectivity index (χ4v) is 2.16. The summed E-state index contributed by atoms with van der Waals surface area (Å²) < 4.78 is 30.3. The van der Waals surface area contributed by atoms with Crippen LogP contribution in [0.15, 0.2) is 22.8 Å². The molecular weight excluding hydrogens is 234 g/mol. The first-order valence-corrected chi connectivity index (χ1v) is 6.16. The molecule has 0 radical (unpaired) electrons. The van der Waals surface area contributed by atoms with Crippen molar-refractivity contribution in [2.45, 2.75) is 25.1 Å². The van der Waals surface area contributed by atoms with E-state index in [1.165, 1.54) is 6.26 Å². The second-order valence-corrected chi connectivity index (χ2v) is 5.41. The van der Waals surface area contributed by atoms with Gasteiger partial charge in [0.05, 0.1) is 12.3 Å². The smallest absolute Gasteiger partial charge is 0.323 e. The van der Waals surface area contributed by atoms with Crippen molar-refractivity contribution in [3.05, 3.63) is 24.2 Å². The lowest BCUT2D eigenvalue weighted by Gasteiger charge is -2.14. The van der Waals surface area contributed by atoms with Crippen molar-refractivity contribution in [2.24, 2.45) is 0 Å². The topological polar surface area (TPSA) is 96.6 Å². The summed E-state index contributed by atoms with van der Waals surface area (Å²) >= 11 is 0. The summed E-state index contributed by atoms with van der Waals surface area (Å²) in [5, 5.41) is 7.12. The summed E-state index contributed by atoms with van der Waals surface area (Å²) in [6.07, 6.45) is 1.42. The molecule has 0 aliphatic carbocycles. The number of rotatable bonds is 5. The van der Waals surface area contributed by atoms with E-state index in [4.69, 9.17) is 9.52 Å². The van der Waals surface area contributed by atoms with Gasteiger partial charge in [0.2, 0.25) is 10.0 Å². The van der Waals surface area contributed by atoms with E-state index in [0.29, 0.717) is 5.76 Å². The quantitative estimate of drug-likeness (QED) is 0.799. The Labute approximate surface area is 93.3 Å². The predicted molar refractivity (Wildman–Crippen MR) is 56.3 cm³/mol. The molecule has 2 atom stereocenters. The normalized spacial score (nSPS) is 15.6. The Morgan fingerprint density at radius 1 is 1.50 bits per heavy atom. The highest BCUT2D eigenvalue weighted by atomic mass is 32.2. The standard InChI is InChI=1S/C9H13NO5S/c1-6(8-4-3-5-15-8)10-16(13,14)7(2)9(11)12/h3-7,10H,1-2H3,(H,11,12). The molecule has 90 valence electrons. The van der Waals surface area contributed by atoms with Gasteiger partial charge in [-0.05, 0) is 26.0 Å². The van der Waals surface area contributed by atoms with Crippen molar-refractivity contribution < 1.29 is 22.7 Å². The van der Waals surface area contributed by atoms with Gasteiger partial charge in [0.15, 0.2) is 5.25 Å². The monoisotopic (exact) mass is 247 g/mol. The molecule has 1 aromatic rings. The van der Waals surface area contributed by atoms with Crippen molar-refractivity contribution in [3.63, 3.8) is 0 Å². The lowest BCUT2D eigenvalue weighted by molar-refractivity contribution is -0.136. The fourth-order valence-electron chi connectivity index (χ4n) is 1.08. The van der Waals surface area contributed by atoms with Gasteiger partial charge in [-0.1, -0.05) is 0 Å².